The van der Waals surface area contributed by atoms with Crippen molar-refractivity contribution in [2.24, 2.45) is 63.0 Å². The summed E-state index contributed by atoms with van der Waals surface area (Å²) in [6, 6.07) is 0. The normalized spacial score (nSPS) is 42.2. The van der Waals surface area contributed by atoms with E-state index in [1.54, 1.807) is 0 Å². The Morgan fingerprint density at radius 2 is 1.19 bits per heavy atom. The Kier molecular flexibility index (Phi) is 14.6. The lowest BCUT2D eigenvalue weighted by atomic mass is 9.41. The van der Waals surface area contributed by atoms with Crippen molar-refractivity contribution in [3.63, 3.8) is 0 Å². The number of unbranched alkanes of at least 4 members (excludes halogenated alkanes) is 5. The van der Waals surface area contributed by atoms with Gasteiger partial charge in [0.05, 0.1) is 24.4 Å². The monoisotopic (exact) mass is 676 g/mol. The maximum Gasteiger partial charge on any atom is 0.0637 e. The molecule has 7 heteroatoms. The molecule has 5 rings (SSSR count). The van der Waals surface area contributed by atoms with Gasteiger partial charge < -0.3 is 36.1 Å². The molecule has 48 heavy (non-hydrogen) atoms. The fourth-order valence-electron chi connectivity index (χ4n) is 12.2. The van der Waals surface area contributed by atoms with Crippen molar-refractivity contribution in [2.75, 3.05) is 46.1 Å². The summed E-state index contributed by atoms with van der Waals surface area (Å²) in [6.45, 7) is 15.5. The topological polar surface area (TPSA) is 115 Å². The minimum atomic E-state index is 0.119. The zero-order valence-electron chi connectivity index (χ0n) is 31.7. The van der Waals surface area contributed by atoms with Crippen molar-refractivity contribution < 1.29 is 18.9 Å². The number of ether oxygens (including phenoxy) is 4. The Morgan fingerprint density at radius 3 is 1.88 bits per heavy atom. The molecule has 0 radical (unpaired) electrons. The first-order valence-electron chi connectivity index (χ1n) is 20.8. The number of hydrogen-bond donors (Lipinski definition) is 3. The third kappa shape index (κ3) is 8.03. The van der Waals surface area contributed by atoms with Crippen molar-refractivity contribution in [2.45, 2.75) is 168 Å². The third-order valence-electron chi connectivity index (χ3n) is 15.0. The van der Waals surface area contributed by atoms with Crippen molar-refractivity contribution in [1.82, 2.24) is 0 Å². The van der Waals surface area contributed by atoms with E-state index in [1.807, 2.05) is 0 Å². The predicted octanol–water partition coefficient (Wildman–Crippen LogP) is 7.61. The largest absolute Gasteiger partial charge is 0.378 e. The molecule has 0 amide bonds. The molecule has 0 aromatic carbocycles. The van der Waals surface area contributed by atoms with Gasteiger partial charge in [-0.25, -0.2) is 0 Å². The number of hydrogen-bond acceptors (Lipinski definition) is 7. The summed E-state index contributed by atoms with van der Waals surface area (Å²) in [5.74, 6) is 3.03. The maximum atomic E-state index is 7.09. The molecule has 0 bridgehead atoms. The smallest absolute Gasteiger partial charge is 0.0637 e. The minimum absolute atomic E-state index is 0.119. The van der Waals surface area contributed by atoms with E-state index in [9.17, 15) is 0 Å². The second-order valence-corrected chi connectivity index (χ2v) is 17.6. The summed E-state index contributed by atoms with van der Waals surface area (Å²) in [5.41, 5.74) is 18.5. The Bertz CT molecular complexity index is 955. The highest BCUT2D eigenvalue weighted by Gasteiger charge is 2.69. The molecule has 2 unspecified atom stereocenters. The van der Waals surface area contributed by atoms with E-state index in [1.165, 1.54) is 77.0 Å². The highest BCUT2D eigenvalue weighted by Crippen LogP contribution is 2.72. The van der Waals surface area contributed by atoms with Crippen molar-refractivity contribution in [3.8, 4) is 0 Å². The SMILES string of the molecule is CCCCCCCCOC1CC[C@]1(C)[C@H]1CC[C@H]2[C@@H]3[C@H](OCCCN)C[C@@H]4CC(OCCCN)CC[C@]4(C)[C@H]3C[C@H](OCCCN)[C@@]21C. The molecular weight excluding hydrogens is 598 g/mol. The molecule has 0 aliphatic heterocycles. The molecular formula is C41H77N3O4. The van der Waals surface area contributed by atoms with E-state index in [-0.39, 0.29) is 16.9 Å². The van der Waals surface area contributed by atoms with Crippen LogP contribution in [-0.2, 0) is 18.9 Å². The van der Waals surface area contributed by atoms with Crippen LogP contribution < -0.4 is 17.2 Å². The maximum absolute atomic E-state index is 7.09. The molecule has 12 atom stereocenters. The number of nitrogens with two attached hydrogens (primary N) is 3. The summed E-state index contributed by atoms with van der Waals surface area (Å²) < 4.78 is 27.3. The lowest BCUT2D eigenvalue weighted by Crippen LogP contribution is -2.65. The zero-order valence-corrected chi connectivity index (χ0v) is 31.7. The summed E-state index contributed by atoms with van der Waals surface area (Å²) >= 11 is 0. The summed E-state index contributed by atoms with van der Waals surface area (Å²) in [6.07, 6.45) is 23.0. The molecule has 6 N–H and O–H groups in total. The van der Waals surface area contributed by atoms with E-state index >= 15 is 0 Å². The second kappa shape index (κ2) is 18.0. The van der Waals surface area contributed by atoms with Crippen LogP contribution >= 0.6 is 0 Å². The van der Waals surface area contributed by atoms with Crippen LogP contribution in [0.1, 0.15) is 143 Å². The van der Waals surface area contributed by atoms with Crippen molar-refractivity contribution >= 4 is 0 Å². The highest BCUT2D eigenvalue weighted by atomic mass is 16.5. The van der Waals surface area contributed by atoms with E-state index in [4.69, 9.17) is 36.1 Å². The molecule has 5 aliphatic carbocycles. The summed E-state index contributed by atoms with van der Waals surface area (Å²) in [4.78, 5) is 0. The van der Waals surface area contributed by atoms with Gasteiger partial charge in [0.25, 0.3) is 0 Å². The zero-order chi connectivity index (χ0) is 34.2. The average molecular weight is 676 g/mol. The van der Waals surface area contributed by atoms with Crippen LogP contribution in [0.2, 0.25) is 0 Å². The van der Waals surface area contributed by atoms with Gasteiger partial charge >= 0.3 is 0 Å². The van der Waals surface area contributed by atoms with Crippen LogP contribution in [0.5, 0.6) is 0 Å². The van der Waals surface area contributed by atoms with Gasteiger partial charge in [-0.3, -0.25) is 0 Å². The molecule has 7 nitrogen and oxygen atoms in total. The Hall–Kier alpha value is -0.280. The standard InChI is InChI=1S/C41H77N3O4/c1-5-6-7-8-9-10-23-47-36-17-19-40(36,3)35-15-14-32-38-33(29-37(41(32,35)4)48-26-13-22-44)39(2)18-16-31(45-24-11-20-42)27-30(39)28-34(38)46-25-12-21-43/h30-38H,5-29,42-44H2,1-4H3/t30-,31?,32-,33-,34+,35+,36?,37-,38-,39-,40+,41-/m0/s1. The summed E-state index contributed by atoms with van der Waals surface area (Å²) in [7, 11) is 0. The predicted molar refractivity (Wildman–Crippen MR) is 197 cm³/mol. The number of rotatable bonds is 21. The summed E-state index contributed by atoms with van der Waals surface area (Å²) in [5, 5.41) is 0. The first-order chi connectivity index (χ1) is 23.3. The Labute approximate surface area is 295 Å². The first kappa shape index (κ1) is 38.9. The van der Waals surface area contributed by atoms with Crippen LogP contribution in [0.3, 0.4) is 0 Å². The molecule has 5 saturated carbocycles. The van der Waals surface area contributed by atoms with Gasteiger partial charge in [-0.2, -0.15) is 0 Å². The molecule has 0 heterocycles. The molecule has 0 saturated heterocycles. The van der Waals surface area contributed by atoms with Crippen LogP contribution in [-0.4, -0.2) is 70.5 Å². The molecule has 280 valence electrons. The molecule has 0 aromatic rings. The molecule has 0 spiro atoms. The second-order valence-electron chi connectivity index (χ2n) is 17.6. The third-order valence-corrected chi connectivity index (χ3v) is 15.0. The lowest BCUT2D eigenvalue weighted by molar-refractivity contribution is -0.244. The number of fused-ring (bicyclic) bond motifs is 5. The van der Waals surface area contributed by atoms with Gasteiger partial charge in [-0.1, -0.05) is 59.8 Å². The molecule has 5 fully saturated rings. The van der Waals surface area contributed by atoms with Gasteiger partial charge in [0.2, 0.25) is 0 Å². The van der Waals surface area contributed by atoms with E-state index in [2.05, 4.69) is 27.7 Å². The average Bonchev–Trinajstić information content (AvgIpc) is 3.44. The Balaban J connectivity index is 1.37. The fraction of sp³-hybridized carbons (Fsp3) is 1.00. The van der Waals surface area contributed by atoms with Crippen LogP contribution in [0.25, 0.3) is 0 Å². The van der Waals surface area contributed by atoms with Gasteiger partial charge in [-0.15, -0.1) is 0 Å². The van der Waals surface area contributed by atoms with E-state index < -0.39 is 0 Å². The molecule has 5 aliphatic rings. The van der Waals surface area contributed by atoms with Crippen LogP contribution in [0, 0.1) is 45.8 Å². The minimum Gasteiger partial charge on any atom is -0.378 e. The van der Waals surface area contributed by atoms with Gasteiger partial charge in [0.15, 0.2) is 0 Å². The Morgan fingerprint density at radius 1 is 0.562 bits per heavy atom. The highest BCUT2D eigenvalue weighted by molar-refractivity contribution is 5.18. The quantitative estimate of drug-likeness (QED) is 0.107. The molecule has 0 aromatic heterocycles. The van der Waals surface area contributed by atoms with Gasteiger partial charge in [0, 0.05) is 31.8 Å². The van der Waals surface area contributed by atoms with Crippen LogP contribution in [0.15, 0.2) is 0 Å². The van der Waals surface area contributed by atoms with Crippen molar-refractivity contribution in [3.05, 3.63) is 0 Å². The van der Waals surface area contributed by atoms with Crippen molar-refractivity contribution in [1.29, 1.82) is 0 Å². The van der Waals surface area contributed by atoms with E-state index in [0.29, 0.717) is 73.0 Å². The van der Waals surface area contributed by atoms with Crippen LogP contribution in [0.4, 0.5) is 0 Å². The fourth-order valence-corrected chi connectivity index (χ4v) is 12.2. The van der Waals surface area contributed by atoms with Gasteiger partial charge in [-0.05, 0) is 144 Å². The first-order valence-corrected chi connectivity index (χ1v) is 20.8. The van der Waals surface area contributed by atoms with Gasteiger partial charge in [0.1, 0.15) is 0 Å². The van der Waals surface area contributed by atoms with E-state index in [0.717, 1.165) is 65.0 Å². The lowest BCUT2D eigenvalue weighted by Gasteiger charge is -2.66.